The van der Waals surface area contributed by atoms with E-state index in [9.17, 15) is 14.4 Å². The summed E-state index contributed by atoms with van der Waals surface area (Å²) < 4.78 is 0.894. The van der Waals surface area contributed by atoms with E-state index in [1.165, 1.54) is 0 Å². The highest BCUT2D eigenvalue weighted by atomic mass is 79.9. The highest BCUT2D eigenvalue weighted by molar-refractivity contribution is 9.10. The Balaban J connectivity index is 1.73. The van der Waals surface area contributed by atoms with Crippen molar-refractivity contribution in [1.29, 1.82) is 0 Å². The molecule has 0 spiro atoms. The average Bonchev–Trinajstić information content (AvgIpc) is 2.99. The Morgan fingerprint density at radius 1 is 0.933 bits per heavy atom. The Hall–Kier alpha value is -2.51. The second-order valence-corrected chi connectivity index (χ2v) is 8.17. The van der Waals surface area contributed by atoms with E-state index in [1.807, 2.05) is 19.1 Å². The molecule has 0 saturated carbocycles. The molecule has 0 bridgehead atoms. The molecule has 6 nitrogen and oxygen atoms in total. The largest absolute Gasteiger partial charge is 0.355 e. The molecule has 30 heavy (non-hydrogen) atoms. The third kappa shape index (κ3) is 5.55. The summed E-state index contributed by atoms with van der Waals surface area (Å²) in [5, 5.41) is 2.81. The first-order chi connectivity index (χ1) is 14.5. The summed E-state index contributed by atoms with van der Waals surface area (Å²) in [5.74, 6) is -0.308. The molecule has 2 amide bonds. The smallest absolute Gasteiger partial charge is 0.254 e. The number of halogens is 1. The summed E-state index contributed by atoms with van der Waals surface area (Å²) in [6, 6.07) is 14.1. The molecular weight excluding hydrogens is 446 g/mol. The zero-order chi connectivity index (χ0) is 21.5. The van der Waals surface area contributed by atoms with Crippen LogP contribution in [0.2, 0.25) is 0 Å². The molecule has 158 valence electrons. The van der Waals surface area contributed by atoms with Crippen LogP contribution in [-0.2, 0) is 4.79 Å². The first-order valence-electron chi connectivity index (χ1n) is 10.2. The summed E-state index contributed by atoms with van der Waals surface area (Å²) in [5.41, 5.74) is 1.37. The van der Waals surface area contributed by atoms with Crippen molar-refractivity contribution in [3.63, 3.8) is 0 Å². The predicted molar refractivity (Wildman–Crippen MR) is 120 cm³/mol. The summed E-state index contributed by atoms with van der Waals surface area (Å²) >= 11 is 3.38. The second kappa shape index (κ2) is 10.5. The van der Waals surface area contributed by atoms with Gasteiger partial charge in [-0.05, 0) is 43.7 Å². The van der Waals surface area contributed by atoms with Crippen molar-refractivity contribution >= 4 is 33.5 Å². The van der Waals surface area contributed by atoms with Gasteiger partial charge in [-0.3, -0.25) is 19.3 Å². The van der Waals surface area contributed by atoms with Gasteiger partial charge in [0.05, 0.1) is 12.1 Å². The summed E-state index contributed by atoms with van der Waals surface area (Å²) in [6.07, 6.45) is 0.786. The van der Waals surface area contributed by atoms with E-state index in [1.54, 1.807) is 41.3 Å². The van der Waals surface area contributed by atoms with E-state index in [0.29, 0.717) is 49.4 Å². The van der Waals surface area contributed by atoms with E-state index < -0.39 is 0 Å². The maximum Gasteiger partial charge on any atom is 0.254 e. The van der Waals surface area contributed by atoms with Crippen molar-refractivity contribution in [2.75, 3.05) is 39.3 Å². The zero-order valence-electron chi connectivity index (χ0n) is 17.1. The number of hydrogen-bond acceptors (Lipinski definition) is 4. The van der Waals surface area contributed by atoms with Gasteiger partial charge in [0.15, 0.2) is 5.78 Å². The van der Waals surface area contributed by atoms with Gasteiger partial charge in [-0.1, -0.05) is 34.1 Å². The fourth-order valence-electron chi connectivity index (χ4n) is 3.58. The fraction of sp³-hybridized carbons (Fsp3) is 0.348. The number of benzene rings is 2. The molecule has 0 radical (unpaired) electrons. The molecule has 1 fully saturated rings. The third-order valence-corrected chi connectivity index (χ3v) is 5.65. The number of carbonyl (C=O) groups excluding carboxylic acids is 3. The van der Waals surface area contributed by atoms with Gasteiger partial charge in [-0.2, -0.15) is 0 Å². The molecule has 1 aliphatic rings. The topological polar surface area (TPSA) is 69.7 Å². The molecule has 3 rings (SSSR count). The van der Waals surface area contributed by atoms with Gasteiger partial charge in [0.2, 0.25) is 5.91 Å². The van der Waals surface area contributed by atoms with Crippen molar-refractivity contribution < 1.29 is 14.4 Å². The Bertz CT molecular complexity index is 914. The van der Waals surface area contributed by atoms with Gasteiger partial charge < -0.3 is 10.2 Å². The molecule has 2 aromatic carbocycles. The Morgan fingerprint density at radius 2 is 1.63 bits per heavy atom. The van der Waals surface area contributed by atoms with E-state index in [4.69, 9.17) is 0 Å². The van der Waals surface area contributed by atoms with Crippen LogP contribution in [0.5, 0.6) is 0 Å². The monoisotopic (exact) mass is 471 g/mol. The van der Waals surface area contributed by atoms with Crippen LogP contribution in [0.25, 0.3) is 0 Å². The quantitative estimate of drug-likeness (QED) is 0.657. The van der Waals surface area contributed by atoms with Crippen molar-refractivity contribution in [1.82, 2.24) is 15.1 Å². The molecule has 1 heterocycles. The molecule has 7 heteroatoms. The molecular formula is C23H26BrN3O3. The van der Waals surface area contributed by atoms with Gasteiger partial charge in [0, 0.05) is 48.3 Å². The lowest BCUT2D eigenvalue weighted by Gasteiger charge is -2.22. The predicted octanol–water partition coefficient (Wildman–Crippen LogP) is 2.96. The van der Waals surface area contributed by atoms with Crippen LogP contribution in [0.15, 0.2) is 53.0 Å². The first-order valence-corrected chi connectivity index (χ1v) is 11.0. The second-order valence-electron chi connectivity index (χ2n) is 7.26. The molecule has 0 atom stereocenters. The maximum atomic E-state index is 13.3. The highest BCUT2D eigenvalue weighted by Gasteiger charge is 2.25. The van der Waals surface area contributed by atoms with Crippen LogP contribution < -0.4 is 5.32 Å². The van der Waals surface area contributed by atoms with Crippen molar-refractivity contribution in [2.45, 2.75) is 13.3 Å². The number of rotatable bonds is 6. The minimum absolute atomic E-state index is 0.00252. The van der Waals surface area contributed by atoms with Crippen LogP contribution in [0, 0.1) is 0 Å². The molecule has 1 saturated heterocycles. The SMILES string of the molecule is CCNC(=O)CN1CCCN(C(=O)c2ccccc2C(=O)c2ccc(Br)cc2)CC1. The average molecular weight is 472 g/mol. The van der Waals surface area contributed by atoms with E-state index in [-0.39, 0.29) is 17.6 Å². The van der Waals surface area contributed by atoms with Crippen LogP contribution >= 0.6 is 15.9 Å². The number of nitrogens with zero attached hydrogens (tertiary/aromatic N) is 2. The van der Waals surface area contributed by atoms with Gasteiger partial charge in [-0.15, -0.1) is 0 Å². The Labute approximate surface area is 185 Å². The van der Waals surface area contributed by atoms with Gasteiger partial charge in [0.1, 0.15) is 0 Å². The fourth-order valence-corrected chi connectivity index (χ4v) is 3.85. The number of carbonyl (C=O) groups is 3. The lowest BCUT2D eigenvalue weighted by molar-refractivity contribution is -0.122. The van der Waals surface area contributed by atoms with E-state index in [0.717, 1.165) is 17.4 Å². The van der Waals surface area contributed by atoms with Crippen molar-refractivity contribution in [3.8, 4) is 0 Å². The molecule has 1 N–H and O–H groups in total. The lowest BCUT2D eigenvalue weighted by atomic mass is 9.97. The standard InChI is InChI=1S/C23H26BrN3O3/c1-2-25-21(28)16-26-12-5-13-27(15-14-26)23(30)20-7-4-3-6-19(20)22(29)17-8-10-18(24)11-9-17/h3-4,6-11H,2,5,12-16H2,1H3,(H,25,28). The normalized spacial score (nSPS) is 14.8. The number of likely N-dealkylation sites (N-methyl/N-ethyl adjacent to an activating group) is 1. The minimum atomic E-state index is -0.167. The summed E-state index contributed by atoms with van der Waals surface area (Å²) in [6.45, 7) is 5.37. The molecule has 0 aliphatic carbocycles. The summed E-state index contributed by atoms with van der Waals surface area (Å²) in [4.78, 5) is 42.0. The van der Waals surface area contributed by atoms with E-state index >= 15 is 0 Å². The van der Waals surface area contributed by atoms with Crippen molar-refractivity contribution in [2.24, 2.45) is 0 Å². The third-order valence-electron chi connectivity index (χ3n) is 5.13. The van der Waals surface area contributed by atoms with Gasteiger partial charge >= 0.3 is 0 Å². The zero-order valence-corrected chi connectivity index (χ0v) is 18.7. The molecule has 0 aromatic heterocycles. The van der Waals surface area contributed by atoms with Crippen LogP contribution in [0.1, 0.15) is 39.6 Å². The van der Waals surface area contributed by atoms with Crippen LogP contribution in [0.3, 0.4) is 0 Å². The van der Waals surface area contributed by atoms with Crippen molar-refractivity contribution in [3.05, 3.63) is 69.7 Å². The number of hydrogen-bond donors (Lipinski definition) is 1. The van der Waals surface area contributed by atoms with E-state index in [2.05, 4.69) is 26.1 Å². The Kier molecular flexibility index (Phi) is 7.76. The van der Waals surface area contributed by atoms with Gasteiger partial charge in [0.25, 0.3) is 5.91 Å². The highest BCUT2D eigenvalue weighted by Crippen LogP contribution is 2.19. The van der Waals surface area contributed by atoms with Crippen LogP contribution in [-0.4, -0.2) is 66.7 Å². The minimum Gasteiger partial charge on any atom is -0.355 e. The van der Waals surface area contributed by atoms with Gasteiger partial charge in [-0.25, -0.2) is 0 Å². The number of ketones is 1. The molecule has 1 aliphatic heterocycles. The lowest BCUT2D eigenvalue weighted by Crippen LogP contribution is -2.40. The number of amides is 2. The Morgan fingerprint density at radius 3 is 2.33 bits per heavy atom. The van der Waals surface area contributed by atoms with Crippen LogP contribution in [0.4, 0.5) is 0 Å². The molecule has 0 unspecified atom stereocenters. The summed E-state index contributed by atoms with van der Waals surface area (Å²) in [7, 11) is 0. The first kappa shape index (κ1) is 22.2. The molecule has 2 aromatic rings. The maximum absolute atomic E-state index is 13.3. The number of nitrogens with one attached hydrogen (secondary N) is 1.